The quantitative estimate of drug-likeness (QED) is 0.498. The van der Waals surface area contributed by atoms with Crippen LogP contribution >= 0.6 is 0 Å². The number of hydrogen-bond donors (Lipinski definition) is 0. The summed E-state index contributed by atoms with van der Waals surface area (Å²) in [4.78, 5) is 14.2. The molecule has 0 atom stereocenters. The molecule has 1 fully saturated rings. The Morgan fingerprint density at radius 1 is 0.727 bits per heavy atom. The predicted molar refractivity (Wildman–Crippen MR) is 106 cm³/mol. The van der Waals surface area contributed by atoms with Gasteiger partial charge in [0.15, 0.2) is 11.5 Å². The average Bonchev–Trinajstić information content (AvgIpc) is 3.41. The Bertz CT molecular complexity index is 1220. The number of fused-ring (bicyclic) bond motifs is 1. The molecule has 9 heteroatoms. The Balaban J connectivity index is 1.65. The molecule has 2 aliphatic heterocycles. The fraction of sp³-hybridized carbons (Fsp3) is 0.208. The Kier molecular flexibility index (Phi) is 4.99. The summed E-state index contributed by atoms with van der Waals surface area (Å²) in [6, 6.07) is 6.92. The molecular weight excluding hydrogens is 445 g/mol. The lowest BCUT2D eigenvalue weighted by molar-refractivity contribution is -0.0516. The second-order valence-corrected chi connectivity index (χ2v) is 7.85. The largest absolute Gasteiger partial charge is 0.440 e. The second kappa shape index (κ2) is 7.75. The minimum absolute atomic E-state index is 0.147. The Hall–Kier alpha value is -3.62. The molecule has 0 spiro atoms. The summed E-state index contributed by atoms with van der Waals surface area (Å²) < 4.78 is 83.2. The van der Waals surface area contributed by atoms with Gasteiger partial charge in [-0.25, -0.2) is 22.0 Å². The fourth-order valence-electron chi connectivity index (χ4n) is 4.16. The molecule has 0 aliphatic carbocycles. The highest BCUT2D eigenvalue weighted by molar-refractivity contribution is 5.95. The van der Waals surface area contributed by atoms with Gasteiger partial charge < -0.3 is 14.4 Å². The molecular formula is C24H16F5NO3. The molecule has 170 valence electrons. The van der Waals surface area contributed by atoms with Gasteiger partial charge in [-0.1, -0.05) is 0 Å². The molecule has 0 N–H and O–H groups in total. The molecule has 2 heterocycles. The third-order valence-corrected chi connectivity index (χ3v) is 5.74. The van der Waals surface area contributed by atoms with Gasteiger partial charge in [-0.3, -0.25) is 4.79 Å². The van der Waals surface area contributed by atoms with E-state index in [0.717, 1.165) is 49.2 Å². The van der Waals surface area contributed by atoms with Gasteiger partial charge in [0.25, 0.3) is 5.91 Å². The number of benzene rings is 3. The summed E-state index contributed by atoms with van der Waals surface area (Å²) in [5.74, 6) is -8.21. The van der Waals surface area contributed by atoms with Gasteiger partial charge in [0, 0.05) is 31.3 Å². The number of ether oxygens (including phenoxy) is 2. The Labute approximate surface area is 185 Å². The van der Waals surface area contributed by atoms with Crippen molar-refractivity contribution in [3.05, 3.63) is 94.3 Å². The first-order chi connectivity index (χ1) is 15.8. The molecule has 3 aromatic rings. The lowest BCUT2D eigenvalue weighted by Gasteiger charge is -2.29. The van der Waals surface area contributed by atoms with E-state index in [0.29, 0.717) is 25.2 Å². The number of carbonyl (C=O) groups excluding carboxylic acids is 1. The van der Waals surface area contributed by atoms with Crippen LogP contribution < -0.4 is 9.47 Å². The van der Waals surface area contributed by atoms with Crippen molar-refractivity contribution >= 4 is 5.91 Å². The zero-order valence-electron chi connectivity index (χ0n) is 17.0. The molecule has 0 radical (unpaired) electrons. The first-order valence-electron chi connectivity index (χ1n) is 10.2. The topological polar surface area (TPSA) is 38.8 Å². The standard InChI is InChI=1S/C24H16F5NO3/c25-13-3-5-16(19(28)9-13)24(17-6-4-14(26)10-20(17)29)32-21-11-15(18(27)12-22(21)33-24)23(31)30-7-1-2-8-30/h3-6,9-12H,1-2,7-8H2. The monoisotopic (exact) mass is 461 g/mol. The number of hydrogen-bond acceptors (Lipinski definition) is 3. The van der Waals surface area contributed by atoms with Crippen molar-refractivity contribution in [2.75, 3.05) is 13.1 Å². The first-order valence-corrected chi connectivity index (χ1v) is 10.2. The summed E-state index contributed by atoms with van der Waals surface area (Å²) in [5.41, 5.74) is -1.12. The average molecular weight is 461 g/mol. The smallest absolute Gasteiger partial charge is 0.311 e. The van der Waals surface area contributed by atoms with Crippen LogP contribution in [0.3, 0.4) is 0 Å². The van der Waals surface area contributed by atoms with Crippen LogP contribution in [0.2, 0.25) is 0 Å². The van der Waals surface area contributed by atoms with Crippen molar-refractivity contribution in [2.45, 2.75) is 18.6 Å². The summed E-state index contributed by atoms with van der Waals surface area (Å²) in [5, 5.41) is 0. The first kappa shape index (κ1) is 21.2. The van der Waals surface area contributed by atoms with Crippen LogP contribution in [0.25, 0.3) is 0 Å². The fourth-order valence-corrected chi connectivity index (χ4v) is 4.16. The van der Waals surface area contributed by atoms with Gasteiger partial charge in [0.1, 0.15) is 29.1 Å². The van der Waals surface area contributed by atoms with Gasteiger partial charge in [0.05, 0.1) is 16.7 Å². The SMILES string of the molecule is O=C(c1cc2c(cc1F)OC(c1ccc(F)cc1F)(c1ccc(F)cc1F)O2)N1CCCC1. The number of rotatable bonds is 3. The highest BCUT2D eigenvalue weighted by Crippen LogP contribution is 2.49. The van der Waals surface area contributed by atoms with Crippen molar-refractivity contribution in [1.82, 2.24) is 4.90 Å². The second-order valence-electron chi connectivity index (χ2n) is 7.85. The number of amides is 1. The highest BCUT2D eigenvalue weighted by atomic mass is 19.1. The molecule has 0 bridgehead atoms. The zero-order chi connectivity index (χ0) is 23.3. The van der Waals surface area contributed by atoms with Gasteiger partial charge in [0.2, 0.25) is 0 Å². The van der Waals surface area contributed by atoms with Crippen LogP contribution in [0, 0.1) is 29.1 Å². The maximum absolute atomic E-state index is 14.8. The van der Waals surface area contributed by atoms with E-state index in [-0.39, 0.29) is 17.1 Å². The molecule has 0 aromatic heterocycles. The summed E-state index contributed by atoms with van der Waals surface area (Å²) in [7, 11) is 0. The van der Waals surface area contributed by atoms with Crippen molar-refractivity contribution in [3.63, 3.8) is 0 Å². The van der Waals surface area contributed by atoms with Crippen LogP contribution in [-0.4, -0.2) is 23.9 Å². The van der Waals surface area contributed by atoms with Gasteiger partial charge in [-0.2, -0.15) is 0 Å². The van der Waals surface area contributed by atoms with E-state index in [1.54, 1.807) is 0 Å². The summed E-state index contributed by atoms with van der Waals surface area (Å²) >= 11 is 0. The third-order valence-electron chi connectivity index (χ3n) is 5.74. The molecule has 2 aliphatic rings. The Morgan fingerprint density at radius 3 is 1.76 bits per heavy atom. The van der Waals surface area contributed by atoms with E-state index in [9.17, 15) is 26.7 Å². The van der Waals surface area contributed by atoms with E-state index in [4.69, 9.17) is 9.47 Å². The van der Waals surface area contributed by atoms with E-state index in [1.807, 2.05) is 0 Å². The number of halogens is 5. The zero-order valence-corrected chi connectivity index (χ0v) is 17.0. The van der Waals surface area contributed by atoms with E-state index < -0.39 is 51.9 Å². The molecule has 1 amide bonds. The summed E-state index contributed by atoms with van der Waals surface area (Å²) in [6.45, 7) is 0.969. The molecule has 0 saturated carbocycles. The van der Waals surface area contributed by atoms with Crippen molar-refractivity contribution in [3.8, 4) is 11.5 Å². The van der Waals surface area contributed by atoms with Crippen molar-refractivity contribution < 1.29 is 36.2 Å². The lowest BCUT2D eigenvalue weighted by atomic mass is 9.96. The maximum atomic E-state index is 14.8. The van der Waals surface area contributed by atoms with Crippen LogP contribution in [0.15, 0.2) is 48.5 Å². The van der Waals surface area contributed by atoms with E-state index >= 15 is 0 Å². The Morgan fingerprint density at radius 2 is 1.24 bits per heavy atom. The van der Waals surface area contributed by atoms with Gasteiger partial charge in [-0.05, 0) is 43.2 Å². The van der Waals surface area contributed by atoms with Gasteiger partial charge in [-0.15, -0.1) is 0 Å². The molecule has 33 heavy (non-hydrogen) atoms. The van der Waals surface area contributed by atoms with Gasteiger partial charge >= 0.3 is 5.79 Å². The molecule has 4 nitrogen and oxygen atoms in total. The predicted octanol–water partition coefficient (Wildman–Crippen LogP) is 5.29. The molecule has 3 aromatic carbocycles. The minimum Gasteiger partial charge on any atom is -0.440 e. The minimum atomic E-state index is -2.35. The van der Waals surface area contributed by atoms with E-state index in [1.165, 1.54) is 4.90 Å². The van der Waals surface area contributed by atoms with Crippen molar-refractivity contribution in [2.24, 2.45) is 0 Å². The molecule has 1 saturated heterocycles. The lowest BCUT2D eigenvalue weighted by Crippen LogP contribution is -2.39. The van der Waals surface area contributed by atoms with Crippen LogP contribution in [-0.2, 0) is 5.79 Å². The van der Waals surface area contributed by atoms with Crippen LogP contribution in [0.5, 0.6) is 11.5 Å². The number of nitrogens with zero attached hydrogens (tertiary/aromatic N) is 1. The van der Waals surface area contributed by atoms with Crippen molar-refractivity contribution in [1.29, 1.82) is 0 Å². The molecule has 5 rings (SSSR count). The summed E-state index contributed by atoms with van der Waals surface area (Å²) in [6.07, 6.45) is 1.60. The number of carbonyl (C=O) groups is 1. The van der Waals surface area contributed by atoms with E-state index in [2.05, 4.69) is 0 Å². The molecule has 0 unspecified atom stereocenters. The third kappa shape index (κ3) is 3.48. The maximum Gasteiger partial charge on any atom is 0.311 e. The van der Waals surface area contributed by atoms with Crippen LogP contribution in [0.1, 0.15) is 34.3 Å². The van der Waals surface area contributed by atoms with Crippen LogP contribution in [0.4, 0.5) is 22.0 Å². The number of likely N-dealkylation sites (tertiary alicyclic amines) is 1. The normalized spacial score (nSPS) is 16.3. The highest BCUT2D eigenvalue weighted by Gasteiger charge is 2.50.